The van der Waals surface area contributed by atoms with Gasteiger partial charge < -0.3 is 15.0 Å². The highest BCUT2D eigenvalue weighted by molar-refractivity contribution is 5.93. The molecule has 0 saturated carbocycles. The van der Waals surface area contributed by atoms with E-state index in [4.69, 9.17) is 10.00 Å². The number of alkyl halides is 3. The van der Waals surface area contributed by atoms with Crippen molar-refractivity contribution < 1.29 is 27.5 Å². The van der Waals surface area contributed by atoms with Crippen molar-refractivity contribution in [3.05, 3.63) is 59.7 Å². The predicted molar refractivity (Wildman–Crippen MR) is 114 cm³/mol. The molecule has 0 bridgehead atoms. The Balaban J connectivity index is 1.49. The molecule has 0 radical (unpaired) electrons. The Bertz CT molecular complexity index is 1040. The minimum absolute atomic E-state index is 0.0821. The maximum atomic E-state index is 13.1. The number of carbonyl (C=O) groups excluding carboxylic acids is 2. The number of rotatable bonds is 6. The van der Waals surface area contributed by atoms with E-state index in [2.05, 4.69) is 5.32 Å². The zero-order valence-corrected chi connectivity index (χ0v) is 17.9. The van der Waals surface area contributed by atoms with Crippen molar-refractivity contribution in [2.45, 2.75) is 19.2 Å². The fraction of sp³-hybridized carbons (Fsp3) is 0.348. The number of carbonyl (C=O) groups is 2. The SMILES string of the molecule is CC(Oc1cccc(C#N)c1)C(=O)N1CCN(CC(=O)Nc2ccccc2C(F)(F)F)CC1. The van der Waals surface area contributed by atoms with Gasteiger partial charge in [-0.15, -0.1) is 0 Å². The first kappa shape index (κ1) is 24.1. The summed E-state index contributed by atoms with van der Waals surface area (Å²) < 4.78 is 44.9. The van der Waals surface area contributed by atoms with Crippen LogP contribution in [0.3, 0.4) is 0 Å². The second-order valence-corrected chi connectivity index (χ2v) is 7.59. The molecule has 7 nitrogen and oxygen atoms in total. The van der Waals surface area contributed by atoms with Gasteiger partial charge in [-0.2, -0.15) is 18.4 Å². The van der Waals surface area contributed by atoms with Crippen LogP contribution in [0, 0.1) is 11.3 Å². The number of amides is 2. The van der Waals surface area contributed by atoms with Crippen LogP contribution < -0.4 is 10.1 Å². The van der Waals surface area contributed by atoms with Gasteiger partial charge >= 0.3 is 6.18 Å². The van der Waals surface area contributed by atoms with Crippen molar-refractivity contribution in [1.82, 2.24) is 9.80 Å². The minimum atomic E-state index is -4.56. The standard InChI is InChI=1S/C23H23F3N4O3/c1-16(33-18-6-4-5-17(13-18)14-27)22(32)30-11-9-29(10-12-30)15-21(31)28-20-8-3-2-7-19(20)23(24,25)26/h2-8,13,16H,9-12,15H2,1H3,(H,28,31). The van der Waals surface area contributed by atoms with E-state index in [9.17, 15) is 22.8 Å². The Hall–Kier alpha value is -3.58. The fourth-order valence-electron chi connectivity index (χ4n) is 3.51. The summed E-state index contributed by atoms with van der Waals surface area (Å²) in [4.78, 5) is 28.4. The maximum Gasteiger partial charge on any atom is 0.418 e. The number of halogens is 3. The molecule has 0 aliphatic carbocycles. The number of nitriles is 1. The average Bonchev–Trinajstić information content (AvgIpc) is 2.78. The van der Waals surface area contributed by atoms with Crippen LogP contribution in [0.1, 0.15) is 18.1 Å². The van der Waals surface area contributed by atoms with Gasteiger partial charge in [0.05, 0.1) is 29.4 Å². The van der Waals surface area contributed by atoms with Gasteiger partial charge in [0.2, 0.25) is 5.91 Å². The summed E-state index contributed by atoms with van der Waals surface area (Å²) in [7, 11) is 0. The molecule has 1 unspecified atom stereocenters. The summed E-state index contributed by atoms with van der Waals surface area (Å²) in [5, 5.41) is 11.3. The summed E-state index contributed by atoms with van der Waals surface area (Å²) >= 11 is 0. The number of nitrogens with one attached hydrogen (secondary N) is 1. The zero-order chi connectivity index (χ0) is 24.0. The number of piperazine rings is 1. The predicted octanol–water partition coefficient (Wildman–Crippen LogP) is 3.13. The van der Waals surface area contributed by atoms with Crippen LogP contribution in [0.2, 0.25) is 0 Å². The third kappa shape index (κ3) is 6.46. The molecular formula is C23H23F3N4O3. The molecule has 2 amide bonds. The maximum absolute atomic E-state index is 13.1. The Kier molecular flexibility index (Phi) is 7.55. The average molecular weight is 460 g/mol. The number of hydrogen-bond donors (Lipinski definition) is 1. The van der Waals surface area contributed by atoms with Gasteiger partial charge in [-0.3, -0.25) is 14.5 Å². The van der Waals surface area contributed by atoms with E-state index < -0.39 is 23.8 Å². The quantitative estimate of drug-likeness (QED) is 0.716. The van der Waals surface area contributed by atoms with Crippen LogP contribution in [0.15, 0.2) is 48.5 Å². The highest BCUT2D eigenvalue weighted by Crippen LogP contribution is 2.34. The van der Waals surface area contributed by atoms with Gasteiger partial charge in [0.25, 0.3) is 5.91 Å². The molecule has 10 heteroatoms. The molecule has 0 spiro atoms. The molecule has 2 aromatic rings. The van der Waals surface area contributed by atoms with Gasteiger partial charge in [-0.25, -0.2) is 0 Å². The molecule has 1 fully saturated rings. The summed E-state index contributed by atoms with van der Waals surface area (Å²) in [5.74, 6) is -0.356. The van der Waals surface area contributed by atoms with E-state index in [-0.39, 0.29) is 18.1 Å². The molecule has 174 valence electrons. The second-order valence-electron chi connectivity index (χ2n) is 7.59. The lowest BCUT2D eigenvalue weighted by Crippen LogP contribution is -2.53. The lowest BCUT2D eigenvalue weighted by atomic mass is 10.1. The summed E-state index contributed by atoms with van der Waals surface area (Å²) in [6.07, 6.45) is -5.32. The monoisotopic (exact) mass is 460 g/mol. The third-order valence-electron chi connectivity index (χ3n) is 5.18. The van der Waals surface area contributed by atoms with E-state index >= 15 is 0 Å². The van der Waals surface area contributed by atoms with Crippen LogP contribution in [-0.2, 0) is 15.8 Å². The second kappa shape index (κ2) is 10.4. The first-order chi connectivity index (χ1) is 15.7. The Morgan fingerprint density at radius 2 is 1.82 bits per heavy atom. The smallest absolute Gasteiger partial charge is 0.418 e. The van der Waals surface area contributed by atoms with Gasteiger partial charge in [-0.1, -0.05) is 18.2 Å². The van der Waals surface area contributed by atoms with Gasteiger partial charge in [-0.05, 0) is 37.3 Å². The molecule has 2 aromatic carbocycles. The van der Waals surface area contributed by atoms with Crippen molar-refractivity contribution in [1.29, 1.82) is 5.26 Å². The van der Waals surface area contributed by atoms with Crippen LogP contribution in [0.25, 0.3) is 0 Å². The van der Waals surface area contributed by atoms with E-state index in [0.29, 0.717) is 37.5 Å². The minimum Gasteiger partial charge on any atom is -0.481 e. The lowest BCUT2D eigenvalue weighted by molar-refractivity contribution is -0.139. The van der Waals surface area contributed by atoms with Crippen LogP contribution in [0.4, 0.5) is 18.9 Å². The van der Waals surface area contributed by atoms with Crippen LogP contribution >= 0.6 is 0 Å². The number of hydrogen-bond acceptors (Lipinski definition) is 5. The first-order valence-electron chi connectivity index (χ1n) is 10.3. The van der Waals surface area contributed by atoms with Crippen molar-refractivity contribution in [2.24, 2.45) is 0 Å². The Labute approximate surface area is 189 Å². The number of benzene rings is 2. The van der Waals surface area contributed by atoms with Crippen molar-refractivity contribution in [3.8, 4) is 11.8 Å². The molecule has 1 aliphatic rings. The van der Waals surface area contributed by atoms with Gasteiger partial charge in [0.15, 0.2) is 6.10 Å². The molecule has 1 saturated heterocycles. The highest BCUT2D eigenvalue weighted by atomic mass is 19.4. The van der Waals surface area contributed by atoms with Crippen LogP contribution in [0.5, 0.6) is 5.75 Å². The fourth-order valence-corrected chi connectivity index (χ4v) is 3.51. The number of nitrogens with zero attached hydrogens (tertiary/aromatic N) is 3. The molecule has 1 aliphatic heterocycles. The van der Waals surface area contributed by atoms with Gasteiger partial charge in [0.1, 0.15) is 5.75 Å². The van der Waals surface area contributed by atoms with E-state index in [1.165, 1.54) is 18.2 Å². The Morgan fingerprint density at radius 1 is 1.12 bits per heavy atom. The van der Waals surface area contributed by atoms with Crippen molar-refractivity contribution in [2.75, 3.05) is 38.0 Å². The number of anilines is 1. The summed E-state index contributed by atoms with van der Waals surface area (Å²) in [6, 6.07) is 13.4. The zero-order valence-electron chi connectivity index (χ0n) is 17.9. The highest BCUT2D eigenvalue weighted by Gasteiger charge is 2.34. The topological polar surface area (TPSA) is 85.7 Å². The molecule has 33 heavy (non-hydrogen) atoms. The molecule has 1 atom stereocenters. The van der Waals surface area contributed by atoms with E-state index in [0.717, 1.165) is 6.07 Å². The van der Waals surface area contributed by atoms with E-state index in [1.807, 2.05) is 6.07 Å². The molecule has 1 heterocycles. The van der Waals surface area contributed by atoms with Gasteiger partial charge in [0, 0.05) is 26.2 Å². The van der Waals surface area contributed by atoms with E-state index in [1.54, 1.807) is 41.0 Å². The first-order valence-corrected chi connectivity index (χ1v) is 10.3. The van der Waals surface area contributed by atoms with Crippen molar-refractivity contribution >= 4 is 17.5 Å². The lowest BCUT2D eigenvalue weighted by Gasteiger charge is -2.35. The molecule has 1 N–H and O–H groups in total. The molecule has 0 aromatic heterocycles. The Morgan fingerprint density at radius 3 is 2.48 bits per heavy atom. The largest absolute Gasteiger partial charge is 0.481 e. The number of para-hydroxylation sites is 1. The van der Waals surface area contributed by atoms with Crippen molar-refractivity contribution in [3.63, 3.8) is 0 Å². The molecular weight excluding hydrogens is 437 g/mol. The number of ether oxygens (including phenoxy) is 1. The summed E-state index contributed by atoms with van der Waals surface area (Å²) in [6.45, 7) is 3.06. The summed E-state index contributed by atoms with van der Waals surface area (Å²) in [5.41, 5.74) is -0.754. The molecule has 3 rings (SSSR count). The van der Waals surface area contributed by atoms with Crippen LogP contribution in [-0.4, -0.2) is 60.4 Å². The third-order valence-corrected chi connectivity index (χ3v) is 5.18. The normalized spacial score (nSPS) is 15.4.